The number of ether oxygens (including phenoxy) is 2. The molecule has 1 saturated heterocycles. The highest BCUT2D eigenvalue weighted by Gasteiger charge is 2.44. The van der Waals surface area contributed by atoms with E-state index >= 15 is 0 Å². The summed E-state index contributed by atoms with van der Waals surface area (Å²) >= 11 is 0. The van der Waals surface area contributed by atoms with Gasteiger partial charge < -0.3 is 26.7 Å². The first-order valence-corrected chi connectivity index (χ1v) is 13.2. The van der Waals surface area contributed by atoms with Gasteiger partial charge in [-0.1, -0.05) is 66.7 Å². The van der Waals surface area contributed by atoms with Crippen LogP contribution in [0.4, 0.5) is 17.3 Å². The molecule has 2 aliphatic rings. The van der Waals surface area contributed by atoms with Gasteiger partial charge >= 0.3 is 7.25 Å². The Morgan fingerprint density at radius 2 is 0.974 bits per heavy atom. The lowest BCUT2D eigenvalue weighted by atomic mass is 9.88. The third-order valence-corrected chi connectivity index (χ3v) is 7.25. The van der Waals surface area contributed by atoms with Crippen LogP contribution < -0.4 is 4.57 Å². The van der Waals surface area contributed by atoms with Gasteiger partial charge in [-0.3, -0.25) is 0 Å². The standard InChI is InChI=1S/C31H30NO2.BF4/c1-4-10-24(11-5-1)27-22-29(25-12-6-2-7-13-25)32(30(23-27)26-14-8-3-9-15-26)28-16-18-31(19-17-28)33-20-21-34-31;2-1(3,4)5/h1-15,22-23,28H,16-21H2;/q+1;-1. The lowest BCUT2D eigenvalue weighted by Gasteiger charge is -2.34. The van der Waals surface area contributed by atoms with Crippen LogP contribution in [0.15, 0.2) is 103 Å². The Balaban J connectivity index is 0.000000567. The third kappa shape index (κ3) is 6.75. The fraction of sp³-hybridized carbons (Fsp3) is 0.258. The second-order valence-corrected chi connectivity index (χ2v) is 9.82. The molecule has 6 rings (SSSR count). The van der Waals surface area contributed by atoms with E-state index in [0.29, 0.717) is 19.3 Å². The number of rotatable bonds is 4. The van der Waals surface area contributed by atoms with Gasteiger partial charge in [-0.2, -0.15) is 4.57 Å². The molecule has 202 valence electrons. The molecule has 0 radical (unpaired) electrons. The maximum absolute atomic E-state index is 9.75. The minimum absolute atomic E-state index is 0.360. The Hall–Kier alpha value is -3.49. The van der Waals surface area contributed by atoms with Gasteiger partial charge in [-0.15, -0.1) is 0 Å². The van der Waals surface area contributed by atoms with Crippen molar-refractivity contribution >= 4 is 7.25 Å². The maximum atomic E-state index is 9.75. The van der Waals surface area contributed by atoms with Crippen LogP contribution in [0.2, 0.25) is 0 Å². The summed E-state index contributed by atoms with van der Waals surface area (Å²) in [5.74, 6) is -0.360. The van der Waals surface area contributed by atoms with Gasteiger partial charge in [0.2, 0.25) is 11.4 Å². The van der Waals surface area contributed by atoms with Crippen LogP contribution in [0.1, 0.15) is 31.7 Å². The quantitative estimate of drug-likeness (QED) is 0.150. The van der Waals surface area contributed by atoms with Crippen molar-refractivity contribution in [3.63, 3.8) is 0 Å². The van der Waals surface area contributed by atoms with Crippen LogP contribution in [0, 0.1) is 0 Å². The number of aromatic nitrogens is 1. The summed E-state index contributed by atoms with van der Waals surface area (Å²) in [6.07, 6.45) is 3.95. The molecule has 0 unspecified atom stereocenters. The van der Waals surface area contributed by atoms with E-state index < -0.39 is 7.25 Å². The van der Waals surface area contributed by atoms with Gasteiger partial charge in [0.1, 0.15) is 0 Å². The van der Waals surface area contributed by atoms with Gasteiger partial charge in [0.05, 0.1) is 13.2 Å². The van der Waals surface area contributed by atoms with E-state index in [2.05, 4.69) is 108 Å². The predicted molar refractivity (Wildman–Crippen MR) is 145 cm³/mol. The van der Waals surface area contributed by atoms with Gasteiger partial charge in [0, 0.05) is 48.9 Å². The molecule has 2 fully saturated rings. The summed E-state index contributed by atoms with van der Waals surface area (Å²) in [5, 5.41) is 0. The van der Waals surface area contributed by atoms with Crippen molar-refractivity contribution < 1.29 is 31.3 Å². The number of hydrogen-bond donors (Lipinski definition) is 0. The minimum atomic E-state index is -6.00. The molecule has 3 aromatic carbocycles. The average Bonchev–Trinajstić information content (AvgIpc) is 3.41. The number of benzene rings is 3. The highest BCUT2D eigenvalue weighted by molar-refractivity contribution is 6.50. The normalized spacial score (nSPS) is 17.0. The van der Waals surface area contributed by atoms with Crippen molar-refractivity contribution in [1.82, 2.24) is 0 Å². The number of nitrogens with zero attached hydrogens (tertiary/aromatic N) is 1. The zero-order chi connectivity index (χ0) is 27.3. The molecule has 0 atom stereocenters. The van der Waals surface area contributed by atoms with Crippen LogP contribution in [0.5, 0.6) is 0 Å². The SMILES string of the molecule is F[B-](F)(F)F.c1ccc(-c2cc(-c3ccccc3)[n+](C3CCC4(CC3)OCCO4)c(-c3ccccc3)c2)cc1. The zero-order valence-electron chi connectivity index (χ0n) is 21.5. The van der Waals surface area contributed by atoms with Crippen LogP contribution >= 0.6 is 0 Å². The van der Waals surface area contributed by atoms with Crippen LogP contribution in [0.25, 0.3) is 33.6 Å². The van der Waals surface area contributed by atoms with Gasteiger partial charge in [-0.05, 0) is 35.4 Å². The van der Waals surface area contributed by atoms with Crippen LogP contribution in [-0.2, 0) is 9.47 Å². The molecule has 8 heteroatoms. The molecular weight excluding hydrogens is 505 g/mol. The van der Waals surface area contributed by atoms with Gasteiger partial charge in [-0.25, -0.2) is 0 Å². The molecule has 0 N–H and O–H groups in total. The highest BCUT2D eigenvalue weighted by Crippen LogP contribution is 2.40. The minimum Gasteiger partial charge on any atom is -0.418 e. The molecule has 0 bridgehead atoms. The topological polar surface area (TPSA) is 22.3 Å². The zero-order valence-corrected chi connectivity index (χ0v) is 21.5. The summed E-state index contributed by atoms with van der Waals surface area (Å²) in [4.78, 5) is 0. The Morgan fingerprint density at radius 3 is 1.38 bits per heavy atom. The molecule has 1 saturated carbocycles. The van der Waals surface area contributed by atoms with Crippen molar-refractivity contribution in [3.05, 3.63) is 103 Å². The summed E-state index contributed by atoms with van der Waals surface area (Å²) in [6.45, 7) is 1.43. The lowest BCUT2D eigenvalue weighted by molar-refractivity contribution is -0.706. The summed E-state index contributed by atoms with van der Waals surface area (Å²) in [5.41, 5.74) is 7.48. The van der Waals surface area contributed by atoms with Gasteiger partial charge in [0.25, 0.3) is 0 Å². The van der Waals surface area contributed by atoms with Crippen molar-refractivity contribution in [2.75, 3.05) is 13.2 Å². The van der Waals surface area contributed by atoms with Gasteiger partial charge in [0.15, 0.2) is 11.8 Å². The van der Waals surface area contributed by atoms with E-state index in [0.717, 1.165) is 25.7 Å². The summed E-state index contributed by atoms with van der Waals surface area (Å²) in [7, 11) is -6.00. The molecule has 1 aliphatic heterocycles. The molecule has 0 amide bonds. The van der Waals surface area contributed by atoms with E-state index in [1.54, 1.807) is 0 Å². The number of halogens is 4. The van der Waals surface area contributed by atoms with Crippen molar-refractivity contribution in [2.45, 2.75) is 37.5 Å². The molecule has 39 heavy (non-hydrogen) atoms. The Bertz CT molecular complexity index is 1290. The van der Waals surface area contributed by atoms with Crippen molar-refractivity contribution in [2.24, 2.45) is 0 Å². The smallest absolute Gasteiger partial charge is 0.418 e. The first kappa shape index (κ1) is 27.1. The summed E-state index contributed by atoms with van der Waals surface area (Å²) in [6, 6.07) is 37.4. The monoisotopic (exact) mass is 535 g/mol. The summed E-state index contributed by atoms with van der Waals surface area (Å²) < 4.78 is 53.7. The van der Waals surface area contributed by atoms with Crippen LogP contribution in [-0.4, -0.2) is 26.3 Å². The number of pyridine rings is 1. The number of hydrogen-bond acceptors (Lipinski definition) is 2. The van der Waals surface area contributed by atoms with E-state index in [4.69, 9.17) is 9.47 Å². The molecule has 2 heterocycles. The van der Waals surface area contributed by atoms with E-state index in [9.17, 15) is 17.3 Å². The van der Waals surface area contributed by atoms with Crippen molar-refractivity contribution in [3.8, 4) is 33.6 Å². The Labute approximate surface area is 226 Å². The third-order valence-electron chi connectivity index (χ3n) is 7.25. The second-order valence-electron chi connectivity index (χ2n) is 9.82. The molecule has 4 aromatic rings. The molecular formula is C31H30BF4NO2. The first-order valence-electron chi connectivity index (χ1n) is 13.2. The average molecular weight is 535 g/mol. The Kier molecular flexibility index (Phi) is 8.14. The highest BCUT2D eigenvalue weighted by atomic mass is 19.5. The second kappa shape index (κ2) is 11.7. The van der Waals surface area contributed by atoms with E-state index in [1.165, 1.54) is 33.6 Å². The first-order chi connectivity index (χ1) is 18.8. The predicted octanol–water partition coefficient (Wildman–Crippen LogP) is 8.13. The molecule has 1 spiro atoms. The molecule has 1 aliphatic carbocycles. The van der Waals surface area contributed by atoms with Crippen molar-refractivity contribution in [1.29, 1.82) is 0 Å². The largest absolute Gasteiger partial charge is 0.673 e. The Morgan fingerprint density at radius 1 is 0.590 bits per heavy atom. The fourth-order valence-corrected chi connectivity index (χ4v) is 5.54. The van der Waals surface area contributed by atoms with E-state index in [-0.39, 0.29) is 5.79 Å². The molecule has 1 aromatic heterocycles. The maximum Gasteiger partial charge on any atom is 0.673 e. The van der Waals surface area contributed by atoms with E-state index in [1.807, 2.05) is 0 Å². The lowest BCUT2D eigenvalue weighted by Crippen LogP contribution is -2.48. The fourth-order valence-electron chi connectivity index (χ4n) is 5.54. The van der Waals surface area contributed by atoms with Crippen LogP contribution in [0.3, 0.4) is 0 Å². The molecule has 3 nitrogen and oxygen atoms in total.